The molecule has 1 N–H and O–H groups in total. The highest BCUT2D eigenvalue weighted by molar-refractivity contribution is 7.89. The second kappa shape index (κ2) is 9.03. The molecule has 1 fully saturated rings. The van der Waals surface area contributed by atoms with Crippen LogP contribution in [0.25, 0.3) is 0 Å². The maximum absolute atomic E-state index is 12.5. The van der Waals surface area contributed by atoms with Gasteiger partial charge in [0.1, 0.15) is 5.75 Å². The fraction of sp³-hybridized carbons (Fsp3) is 0.588. The SMILES string of the molecule is CCCCNC(=O)COc1ccc(S(=O)(=O)N2CCCCC2)cc1. The number of nitrogens with zero attached hydrogens (tertiary/aromatic N) is 1. The lowest BCUT2D eigenvalue weighted by atomic mass is 10.2. The summed E-state index contributed by atoms with van der Waals surface area (Å²) in [5.74, 6) is 0.312. The third-order valence-corrected chi connectivity index (χ3v) is 5.91. The van der Waals surface area contributed by atoms with E-state index in [9.17, 15) is 13.2 Å². The van der Waals surface area contributed by atoms with Crippen molar-refractivity contribution in [1.29, 1.82) is 0 Å². The van der Waals surface area contributed by atoms with Crippen molar-refractivity contribution in [2.45, 2.75) is 43.9 Å². The molecule has 0 aliphatic carbocycles. The van der Waals surface area contributed by atoms with Gasteiger partial charge in [0.25, 0.3) is 5.91 Å². The van der Waals surface area contributed by atoms with Crippen LogP contribution in [0.5, 0.6) is 5.75 Å². The molecule has 1 saturated heterocycles. The number of piperidine rings is 1. The van der Waals surface area contributed by atoms with E-state index in [1.807, 2.05) is 0 Å². The van der Waals surface area contributed by atoms with Gasteiger partial charge < -0.3 is 10.1 Å². The van der Waals surface area contributed by atoms with E-state index in [1.54, 1.807) is 12.1 Å². The third kappa shape index (κ3) is 5.21. The summed E-state index contributed by atoms with van der Waals surface area (Å²) in [5.41, 5.74) is 0. The van der Waals surface area contributed by atoms with Crippen LogP contribution in [0.4, 0.5) is 0 Å². The van der Waals surface area contributed by atoms with Crippen molar-refractivity contribution in [3.63, 3.8) is 0 Å². The first-order valence-corrected chi connectivity index (χ1v) is 9.98. The van der Waals surface area contributed by atoms with Crippen LogP contribution in [0.2, 0.25) is 0 Å². The average molecular weight is 354 g/mol. The molecule has 1 aromatic carbocycles. The molecule has 0 saturated carbocycles. The number of benzene rings is 1. The predicted molar refractivity (Wildman–Crippen MR) is 92.5 cm³/mol. The molecule has 0 spiro atoms. The van der Waals surface area contributed by atoms with Gasteiger partial charge in [-0.1, -0.05) is 19.8 Å². The Kier molecular flexibility index (Phi) is 7.05. The lowest BCUT2D eigenvalue weighted by Gasteiger charge is -2.25. The fourth-order valence-corrected chi connectivity index (χ4v) is 4.08. The van der Waals surface area contributed by atoms with Crippen molar-refractivity contribution in [1.82, 2.24) is 9.62 Å². The Bertz CT molecular complexity index is 622. The summed E-state index contributed by atoms with van der Waals surface area (Å²) < 4.78 is 32.0. The first kappa shape index (κ1) is 18.7. The number of ether oxygens (including phenoxy) is 1. The molecule has 1 heterocycles. The Morgan fingerprint density at radius 3 is 2.46 bits per heavy atom. The maximum atomic E-state index is 12.5. The highest BCUT2D eigenvalue weighted by Gasteiger charge is 2.25. The molecule has 0 radical (unpaired) electrons. The summed E-state index contributed by atoms with van der Waals surface area (Å²) in [4.78, 5) is 11.9. The van der Waals surface area contributed by atoms with Gasteiger partial charge in [0.15, 0.2) is 6.61 Å². The van der Waals surface area contributed by atoms with Crippen LogP contribution in [0.1, 0.15) is 39.0 Å². The van der Waals surface area contributed by atoms with E-state index in [2.05, 4.69) is 12.2 Å². The zero-order valence-corrected chi connectivity index (χ0v) is 15.0. The molecular formula is C17H26N2O4S. The largest absolute Gasteiger partial charge is 0.484 e. The first-order chi connectivity index (χ1) is 11.5. The summed E-state index contributed by atoms with van der Waals surface area (Å²) in [7, 11) is -3.43. The van der Waals surface area contributed by atoms with E-state index in [1.165, 1.54) is 16.4 Å². The quantitative estimate of drug-likeness (QED) is 0.726. The van der Waals surface area contributed by atoms with Crippen molar-refractivity contribution in [3.05, 3.63) is 24.3 Å². The van der Waals surface area contributed by atoms with Gasteiger partial charge in [-0.2, -0.15) is 4.31 Å². The Morgan fingerprint density at radius 1 is 1.17 bits per heavy atom. The normalized spacial score (nSPS) is 15.9. The second-order valence-corrected chi connectivity index (χ2v) is 7.87. The number of rotatable bonds is 8. The van der Waals surface area contributed by atoms with Crippen LogP contribution < -0.4 is 10.1 Å². The first-order valence-electron chi connectivity index (χ1n) is 8.53. The van der Waals surface area contributed by atoms with E-state index in [0.29, 0.717) is 25.4 Å². The van der Waals surface area contributed by atoms with Gasteiger partial charge in [-0.05, 0) is 43.5 Å². The van der Waals surface area contributed by atoms with Crippen molar-refractivity contribution < 1.29 is 17.9 Å². The molecule has 7 heteroatoms. The number of hydrogen-bond donors (Lipinski definition) is 1. The van der Waals surface area contributed by atoms with Gasteiger partial charge in [-0.3, -0.25) is 4.79 Å². The molecule has 1 aromatic rings. The zero-order chi connectivity index (χ0) is 17.4. The van der Waals surface area contributed by atoms with Gasteiger partial charge in [-0.25, -0.2) is 8.42 Å². The number of sulfonamides is 1. The minimum Gasteiger partial charge on any atom is -0.484 e. The minimum atomic E-state index is -3.43. The van der Waals surface area contributed by atoms with Gasteiger partial charge in [0.2, 0.25) is 10.0 Å². The van der Waals surface area contributed by atoms with Crippen LogP contribution in [-0.4, -0.2) is 44.9 Å². The number of unbranched alkanes of at least 4 members (excludes halogenated alkanes) is 1. The fourth-order valence-electron chi connectivity index (χ4n) is 2.57. The Hall–Kier alpha value is -1.60. The maximum Gasteiger partial charge on any atom is 0.257 e. The Labute approximate surface area is 144 Å². The molecule has 6 nitrogen and oxygen atoms in total. The van der Waals surface area contributed by atoms with Crippen molar-refractivity contribution >= 4 is 15.9 Å². The number of carbonyl (C=O) groups excluding carboxylic acids is 1. The van der Waals surface area contributed by atoms with Gasteiger partial charge in [0.05, 0.1) is 4.90 Å². The number of amides is 1. The summed E-state index contributed by atoms with van der Waals surface area (Å²) in [6.45, 7) is 3.80. The summed E-state index contributed by atoms with van der Waals surface area (Å²) in [6, 6.07) is 6.26. The molecule has 0 bridgehead atoms. The van der Waals surface area contributed by atoms with Crippen LogP contribution >= 0.6 is 0 Å². The molecule has 1 aliphatic rings. The van der Waals surface area contributed by atoms with Gasteiger partial charge in [0, 0.05) is 19.6 Å². The Balaban J connectivity index is 1.89. The van der Waals surface area contributed by atoms with E-state index in [0.717, 1.165) is 32.1 Å². The second-order valence-electron chi connectivity index (χ2n) is 5.93. The van der Waals surface area contributed by atoms with Crippen molar-refractivity contribution in [3.8, 4) is 5.75 Å². The number of carbonyl (C=O) groups is 1. The lowest BCUT2D eigenvalue weighted by molar-refractivity contribution is -0.123. The standard InChI is InChI=1S/C17H26N2O4S/c1-2-3-11-18-17(20)14-23-15-7-9-16(10-8-15)24(21,22)19-12-5-4-6-13-19/h7-10H,2-6,11-14H2,1H3,(H,18,20). The van der Waals surface area contributed by atoms with Crippen LogP contribution in [-0.2, 0) is 14.8 Å². The monoisotopic (exact) mass is 354 g/mol. The van der Waals surface area contributed by atoms with Crippen LogP contribution in [0.15, 0.2) is 29.2 Å². The molecule has 134 valence electrons. The topological polar surface area (TPSA) is 75.7 Å². The number of hydrogen-bond acceptors (Lipinski definition) is 4. The average Bonchev–Trinajstić information content (AvgIpc) is 2.61. The van der Waals surface area contributed by atoms with E-state index >= 15 is 0 Å². The van der Waals surface area contributed by atoms with Crippen molar-refractivity contribution in [2.75, 3.05) is 26.2 Å². The number of nitrogens with one attached hydrogen (secondary N) is 1. The highest BCUT2D eigenvalue weighted by Crippen LogP contribution is 2.22. The van der Waals surface area contributed by atoms with E-state index in [4.69, 9.17) is 4.74 Å². The van der Waals surface area contributed by atoms with E-state index < -0.39 is 10.0 Å². The van der Waals surface area contributed by atoms with Crippen LogP contribution in [0.3, 0.4) is 0 Å². The molecule has 0 atom stereocenters. The highest BCUT2D eigenvalue weighted by atomic mass is 32.2. The van der Waals surface area contributed by atoms with Crippen molar-refractivity contribution in [2.24, 2.45) is 0 Å². The molecule has 24 heavy (non-hydrogen) atoms. The molecule has 0 unspecified atom stereocenters. The predicted octanol–water partition coefficient (Wildman–Crippen LogP) is 2.16. The van der Waals surface area contributed by atoms with E-state index in [-0.39, 0.29) is 17.4 Å². The smallest absolute Gasteiger partial charge is 0.257 e. The summed E-state index contributed by atoms with van der Waals surface area (Å²) in [5, 5.41) is 2.77. The molecule has 1 amide bonds. The third-order valence-electron chi connectivity index (χ3n) is 4.00. The van der Waals surface area contributed by atoms with Gasteiger partial charge >= 0.3 is 0 Å². The minimum absolute atomic E-state index is 0.0675. The summed E-state index contributed by atoms with van der Waals surface area (Å²) in [6.07, 6.45) is 4.86. The van der Waals surface area contributed by atoms with Crippen LogP contribution in [0, 0.1) is 0 Å². The molecule has 0 aromatic heterocycles. The van der Waals surface area contributed by atoms with Gasteiger partial charge in [-0.15, -0.1) is 0 Å². The Morgan fingerprint density at radius 2 is 1.83 bits per heavy atom. The zero-order valence-electron chi connectivity index (χ0n) is 14.2. The lowest BCUT2D eigenvalue weighted by Crippen LogP contribution is -2.35. The molecule has 2 rings (SSSR count). The summed E-state index contributed by atoms with van der Waals surface area (Å²) >= 11 is 0. The molecular weight excluding hydrogens is 328 g/mol. The molecule has 1 aliphatic heterocycles.